The van der Waals surface area contributed by atoms with Gasteiger partial charge in [-0.15, -0.1) is 11.3 Å². The van der Waals surface area contributed by atoms with Crippen LogP contribution in [0.4, 0.5) is 0 Å². The van der Waals surface area contributed by atoms with Crippen LogP contribution < -0.4 is 0 Å². The molecule has 106 valence electrons. The minimum absolute atomic E-state index is 0.358. The van der Waals surface area contributed by atoms with Crippen LogP contribution in [0.3, 0.4) is 0 Å². The minimum Gasteiger partial charge on any atom is -0.388 e. The van der Waals surface area contributed by atoms with E-state index in [0.29, 0.717) is 6.04 Å². The number of benzene rings is 1. The van der Waals surface area contributed by atoms with Crippen molar-refractivity contribution in [3.63, 3.8) is 0 Å². The second-order valence-corrected chi connectivity index (χ2v) is 6.37. The van der Waals surface area contributed by atoms with E-state index < -0.39 is 0 Å². The van der Waals surface area contributed by atoms with Crippen LogP contribution in [0, 0.1) is 0 Å². The van der Waals surface area contributed by atoms with Crippen molar-refractivity contribution in [3.05, 3.63) is 52.5 Å². The van der Waals surface area contributed by atoms with E-state index in [1.165, 1.54) is 17.7 Å². The lowest BCUT2D eigenvalue weighted by molar-refractivity contribution is 0.118. The molecule has 1 fully saturated rings. The Kier molecular flexibility index (Phi) is 4.45. The SMILES string of the molecule is OC(CC1CCCN1Cc1cncs1)c1ccccc1. The average Bonchev–Trinajstić information content (AvgIpc) is 3.13. The van der Waals surface area contributed by atoms with Crippen LogP contribution in [0.5, 0.6) is 0 Å². The summed E-state index contributed by atoms with van der Waals surface area (Å²) in [5.41, 5.74) is 2.91. The smallest absolute Gasteiger partial charge is 0.0805 e. The van der Waals surface area contributed by atoms with E-state index in [1.807, 2.05) is 42.0 Å². The van der Waals surface area contributed by atoms with E-state index in [0.717, 1.165) is 25.1 Å². The summed E-state index contributed by atoms with van der Waals surface area (Å²) in [7, 11) is 0. The molecule has 2 aromatic rings. The number of aliphatic hydroxyl groups is 1. The lowest BCUT2D eigenvalue weighted by atomic mass is 10.0. The molecule has 1 saturated heterocycles. The third kappa shape index (κ3) is 3.26. The van der Waals surface area contributed by atoms with Crippen molar-refractivity contribution in [3.8, 4) is 0 Å². The summed E-state index contributed by atoms with van der Waals surface area (Å²) < 4.78 is 0. The van der Waals surface area contributed by atoms with Gasteiger partial charge in [-0.05, 0) is 31.4 Å². The van der Waals surface area contributed by atoms with Gasteiger partial charge in [0, 0.05) is 23.7 Å². The first-order valence-corrected chi connectivity index (χ1v) is 8.05. The van der Waals surface area contributed by atoms with Gasteiger partial charge in [0.2, 0.25) is 0 Å². The monoisotopic (exact) mass is 288 g/mol. The molecule has 1 aromatic heterocycles. The molecule has 0 saturated carbocycles. The zero-order valence-corrected chi connectivity index (χ0v) is 12.3. The van der Waals surface area contributed by atoms with Gasteiger partial charge >= 0.3 is 0 Å². The summed E-state index contributed by atoms with van der Waals surface area (Å²) in [4.78, 5) is 7.94. The predicted molar refractivity (Wildman–Crippen MR) is 81.6 cm³/mol. The van der Waals surface area contributed by atoms with Gasteiger partial charge in [-0.3, -0.25) is 9.88 Å². The molecule has 0 aliphatic carbocycles. The molecule has 1 aliphatic rings. The molecule has 2 unspecified atom stereocenters. The maximum absolute atomic E-state index is 10.4. The maximum atomic E-state index is 10.4. The van der Waals surface area contributed by atoms with Gasteiger partial charge < -0.3 is 5.11 Å². The molecular weight excluding hydrogens is 268 g/mol. The third-order valence-corrected chi connectivity index (χ3v) is 4.79. The van der Waals surface area contributed by atoms with Gasteiger partial charge in [-0.1, -0.05) is 30.3 Å². The first kappa shape index (κ1) is 13.7. The number of likely N-dealkylation sites (tertiary alicyclic amines) is 1. The highest BCUT2D eigenvalue weighted by Crippen LogP contribution is 2.28. The van der Waals surface area contributed by atoms with E-state index in [9.17, 15) is 5.11 Å². The summed E-state index contributed by atoms with van der Waals surface area (Å²) in [6, 6.07) is 10.5. The third-order valence-electron chi connectivity index (χ3n) is 4.02. The molecule has 1 aromatic carbocycles. The summed E-state index contributed by atoms with van der Waals surface area (Å²) in [5, 5.41) is 10.4. The van der Waals surface area contributed by atoms with E-state index >= 15 is 0 Å². The van der Waals surface area contributed by atoms with Crippen LogP contribution in [0.2, 0.25) is 0 Å². The fraction of sp³-hybridized carbons (Fsp3) is 0.438. The zero-order chi connectivity index (χ0) is 13.8. The van der Waals surface area contributed by atoms with E-state index in [2.05, 4.69) is 9.88 Å². The highest BCUT2D eigenvalue weighted by atomic mass is 32.1. The molecule has 0 radical (unpaired) electrons. The number of hydrogen-bond acceptors (Lipinski definition) is 4. The molecule has 3 rings (SSSR count). The summed E-state index contributed by atoms with van der Waals surface area (Å²) in [5.74, 6) is 0. The summed E-state index contributed by atoms with van der Waals surface area (Å²) in [6.45, 7) is 2.10. The number of thiazole rings is 1. The fourth-order valence-corrected chi connectivity index (χ4v) is 3.58. The Hall–Kier alpha value is -1.23. The van der Waals surface area contributed by atoms with Crippen molar-refractivity contribution in [2.45, 2.75) is 38.0 Å². The minimum atomic E-state index is -0.358. The Bertz CT molecular complexity index is 515. The van der Waals surface area contributed by atoms with Gasteiger partial charge in [-0.2, -0.15) is 0 Å². The van der Waals surface area contributed by atoms with Crippen LogP contribution in [-0.4, -0.2) is 27.6 Å². The predicted octanol–water partition coefficient (Wildman–Crippen LogP) is 3.23. The molecule has 1 aliphatic heterocycles. The Morgan fingerprint density at radius 3 is 2.95 bits per heavy atom. The molecule has 20 heavy (non-hydrogen) atoms. The highest BCUT2D eigenvalue weighted by Gasteiger charge is 2.27. The van der Waals surface area contributed by atoms with Crippen LogP contribution >= 0.6 is 11.3 Å². The van der Waals surface area contributed by atoms with Crippen molar-refractivity contribution < 1.29 is 5.11 Å². The number of rotatable bonds is 5. The molecule has 3 nitrogen and oxygen atoms in total. The van der Waals surface area contributed by atoms with E-state index in [1.54, 1.807) is 11.3 Å². The van der Waals surface area contributed by atoms with E-state index in [-0.39, 0.29) is 6.10 Å². The number of hydrogen-bond donors (Lipinski definition) is 1. The lowest BCUT2D eigenvalue weighted by Crippen LogP contribution is -2.30. The van der Waals surface area contributed by atoms with Gasteiger partial charge in [0.25, 0.3) is 0 Å². The quantitative estimate of drug-likeness (QED) is 0.917. The molecule has 2 atom stereocenters. The Balaban J connectivity index is 1.61. The highest BCUT2D eigenvalue weighted by molar-refractivity contribution is 7.09. The molecule has 1 N–H and O–H groups in total. The van der Waals surface area contributed by atoms with Gasteiger partial charge in [0.05, 0.1) is 11.6 Å². The Morgan fingerprint density at radius 2 is 2.20 bits per heavy atom. The van der Waals surface area contributed by atoms with Crippen molar-refractivity contribution in [2.24, 2.45) is 0 Å². The molecule has 0 amide bonds. The molecule has 0 bridgehead atoms. The Labute approximate surface area is 123 Å². The summed E-state index contributed by atoms with van der Waals surface area (Å²) >= 11 is 1.71. The number of aliphatic hydroxyl groups excluding tert-OH is 1. The van der Waals surface area contributed by atoms with Gasteiger partial charge in [0.1, 0.15) is 0 Å². The topological polar surface area (TPSA) is 36.4 Å². The first-order chi connectivity index (χ1) is 9.83. The normalized spacial score (nSPS) is 21.1. The number of nitrogens with zero attached hydrogens (tertiary/aromatic N) is 2. The second-order valence-electron chi connectivity index (χ2n) is 5.40. The van der Waals surface area contributed by atoms with E-state index in [4.69, 9.17) is 0 Å². The average molecular weight is 288 g/mol. The molecular formula is C16H20N2OS. The molecule has 4 heteroatoms. The van der Waals surface area contributed by atoms with Crippen molar-refractivity contribution in [2.75, 3.05) is 6.54 Å². The molecule has 2 heterocycles. The van der Waals surface area contributed by atoms with Crippen molar-refractivity contribution >= 4 is 11.3 Å². The molecule has 0 spiro atoms. The maximum Gasteiger partial charge on any atom is 0.0805 e. The van der Waals surface area contributed by atoms with Crippen LogP contribution in [0.25, 0.3) is 0 Å². The van der Waals surface area contributed by atoms with Crippen molar-refractivity contribution in [1.29, 1.82) is 0 Å². The lowest BCUT2D eigenvalue weighted by Gasteiger charge is -2.26. The second kappa shape index (κ2) is 6.48. The van der Waals surface area contributed by atoms with Crippen molar-refractivity contribution in [1.82, 2.24) is 9.88 Å². The Morgan fingerprint density at radius 1 is 1.35 bits per heavy atom. The standard InChI is InChI=1S/C16H20N2OS/c19-16(13-5-2-1-3-6-13)9-14-7-4-8-18(14)11-15-10-17-12-20-15/h1-3,5-6,10,12,14,16,19H,4,7-9,11H2. The van der Waals surface area contributed by atoms with Gasteiger partial charge in [0.15, 0.2) is 0 Å². The first-order valence-electron chi connectivity index (χ1n) is 7.17. The summed E-state index contributed by atoms with van der Waals surface area (Å²) in [6.07, 6.45) is 4.83. The van der Waals surface area contributed by atoms with Gasteiger partial charge in [-0.25, -0.2) is 0 Å². The van der Waals surface area contributed by atoms with Crippen LogP contribution in [0.15, 0.2) is 42.0 Å². The zero-order valence-electron chi connectivity index (χ0n) is 11.5. The number of aromatic nitrogens is 1. The fourth-order valence-electron chi connectivity index (χ4n) is 2.96. The van der Waals surface area contributed by atoms with Crippen LogP contribution in [0.1, 0.15) is 35.8 Å². The van der Waals surface area contributed by atoms with Crippen LogP contribution in [-0.2, 0) is 6.54 Å². The largest absolute Gasteiger partial charge is 0.388 e.